The first-order valence-corrected chi connectivity index (χ1v) is 17.2. The van der Waals surface area contributed by atoms with E-state index in [1.54, 1.807) is 0 Å². The van der Waals surface area contributed by atoms with Crippen LogP contribution in [0.3, 0.4) is 0 Å². The highest BCUT2D eigenvalue weighted by Gasteiger charge is 2.15. The predicted octanol–water partition coefficient (Wildman–Crippen LogP) is 7.68. The maximum absolute atomic E-state index is 12.7. The van der Waals surface area contributed by atoms with Crippen molar-refractivity contribution in [1.29, 1.82) is 0 Å². The number of benzene rings is 3. The molecule has 0 bridgehead atoms. The molecule has 9 nitrogen and oxygen atoms in total. The Bertz CT molecular complexity index is 1800. The summed E-state index contributed by atoms with van der Waals surface area (Å²) in [4.78, 5) is 34.4. The number of aromatic nitrogens is 4. The number of hydrogen-bond acceptors (Lipinski definition) is 9. The number of thioether (sulfide) groups is 2. The van der Waals surface area contributed by atoms with Crippen molar-refractivity contribution in [3.8, 4) is 5.75 Å². The molecule has 0 aliphatic heterocycles. The molecule has 234 valence electrons. The number of carbonyl (C=O) groups excluding carboxylic acids is 2. The number of rotatable bonds is 11. The highest BCUT2D eigenvalue weighted by Crippen LogP contribution is 2.32. The SMILES string of the molecule is Cc1cc(C)c(NC(=O)CSc2nc3ccc(NC(=O)CSc4n[nH]c(COc5ccc(C(C)(C)C)cc5)n4)cc3s2)c(C)c1. The van der Waals surface area contributed by atoms with E-state index in [0.717, 1.165) is 37.1 Å². The summed E-state index contributed by atoms with van der Waals surface area (Å²) < 4.78 is 7.55. The van der Waals surface area contributed by atoms with Gasteiger partial charge in [-0.15, -0.1) is 16.4 Å². The summed E-state index contributed by atoms with van der Waals surface area (Å²) in [5.41, 5.74) is 6.96. The van der Waals surface area contributed by atoms with Gasteiger partial charge in [0, 0.05) is 11.4 Å². The minimum Gasteiger partial charge on any atom is -0.486 e. The van der Waals surface area contributed by atoms with Crippen LogP contribution in [0, 0.1) is 20.8 Å². The molecule has 45 heavy (non-hydrogen) atoms. The van der Waals surface area contributed by atoms with E-state index in [4.69, 9.17) is 4.74 Å². The maximum atomic E-state index is 12.7. The van der Waals surface area contributed by atoms with Crippen LogP contribution >= 0.6 is 34.9 Å². The van der Waals surface area contributed by atoms with Crippen LogP contribution in [0.15, 0.2) is 64.1 Å². The van der Waals surface area contributed by atoms with E-state index in [0.29, 0.717) is 16.7 Å². The van der Waals surface area contributed by atoms with Gasteiger partial charge in [-0.2, -0.15) is 0 Å². The van der Waals surface area contributed by atoms with E-state index in [1.165, 1.54) is 46.0 Å². The molecule has 0 aliphatic carbocycles. The molecule has 3 N–H and O–H groups in total. The highest BCUT2D eigenvalue weighted by atomic mass is 32.2. The lowest BCUT2D eigenvalue weighted by Crippen LogP contribution is -2.15. The monoisotopic (exact) mass is 660 g/mol. The van der Waals surface area contributed by atoms with Gasteiger partial charge < -0.3 is 15.4 Å². The van der Waals surface area contributed by atoms with Crippen LogP contribution in [-0.4, -0.2) is 43.5 Å². The zero-order valence-electron chi connectivity index (χ0n) is 26.1. The summed E-state index contributed by atoms with van der Waals surface area (Å²) in [6.45, 7) is 12.8. The van der Waals surface area contributed by atoms with Gasteiger partial charge >= 0.3 is 0 Å². The van der Waals surface area contributed by atoms with Crippen LogP contribution in [0.25, 0.3) is 10.2 Å². The molecule has 0 unspecified atom stereocenters. The van der Waals surface area contributed by atoms with E-state index in [9.17, 15) is 9.59 Å². The number of nitrogens with one attached hydrogen (secondary N) is 3. The van der Waals surface area contributed by atoms with Gasteiger partial charge in [0.2, 0.25) is 17.0 Å². The second-order valence-electron chi connectivity index (χ2n) is 11.7. The first-order chi connectivity index (χ1) is 21.4. The molecule has 0 aliphatic rings. The number of nitrogens with zero attached hydrogens (tertiary/aromatic N) is 3. The summed E-state index contributed by atoms with van der Waals surface area (Å²) in [5.74, 6) is 1.51. The highest BCUT2D eigenvalue weighted by molar-refractivity contribution is 8.01. The number of aromatic amines is 1. The Morgan fingerprint density at radius 2 is 1.58 bits per heavy atom. The van der Waals surface area contributed by atoms with Crippen molar-refractivity contribution in [2.45, 2.75) is 63.1 Å². The lowest BCUT2D eigenvalue weighted by Gasteiger charge is -2.19. The second kappa shape index (κ2) is 14.1. The Labute approximate surface area is 275 Å². The van der Waals surface area contributed by atoms with E-state index >= 15 is 0 Å². The third-order valence-corrected chi connectivity index (χ3v) is 9.87. The quantitative estimate of drug-likeness (QED) is 0.123. The van der Waals surface area contributed by atoms with E-state index in [1.807, 2.05) is 51.1 Å². The largest absolute Gasteiger partial charge is 0.486 e. The van der Waals surface area contributed by atoms with Crippen molar-refractivity contribution in [2.75, 3.05) is 22.1 Å². The molecule has 3 aromatic carbocycles. The van der Waals surface area contributed by atoms with Crippen LogP contribution in [0.4, 0.5) is 11.4 Å². The number of ether oxygens (including phenoxy) is 1. The number of H-pyrrole nitrogens is 1. The van der Waals surface area contributed by atoms with Crippen LogP contribution < -0.4 is 15.4 Å². The molecule has 2 heterocycles. The zero-order valence-corrected chi connectivity index (χ0v) is 28.6. The van der Waals surface area contributed by atoms with Crippen molar-refractivity contribution >= 4 is 68.3 Å². The van der Waals surface area contributed by atoms with Crippen LogP contribution in [0.1, 0.15) is 48.8 Å². The number of carbonyl (C=O) groups is 2. The van der Waals surface area contributed by atoms with E-state index in [-0.39, 0.29) is 35.3 Å². The molecule has 0 atom stereocenters. The number of aryl methyl sites for hydroxylation is 3. The fourth-order valence-corrected chi connectivity index (χ4v) is 7.18. The zero-order chi connectivity index (χ0) is 32.1. The summed E-state index contributed by atoms with van der Waals surface area (Å²) in [6, 6.07) is 17.8. The van der Waals surface area contributed by atoms with Crippen molar-refractivity contribution in [2.24, 2.45) is 0 Å². The van der Waals surface area contributed by atoms with Crippen molar-refractivity contribution in [3.05, 3.63) is 82.7 Å². The van der Waals surface area contributed by atoms with Gasteiger partial charge in [0.25, 0.3) is 0 Å². The lowest BCUT2D eigenvalue weighted by atomic mass is 9.87. The second-order valence-corrected chi connectivity index (χ2v) is 14.9. The first kappa shape index (κ1) is 32.5. The van der Waals surface area contributed by atoms with E-state index in [2.05, 4.69) is 75.8 Å². The first-order valence-electron chi connectivity index (χ1n) is 14.4. The van der Waals surface area contributed by atoms with Gasteiger partial charge in [0.05, 0.1) is 21.7 Å². The molecule has 5 aromatic rings. The molecule has 12 heteroatoms. The van der Waals surface area contributed by atoms with Crippen molar-refractivity contribution in [3.63, 3.8) is 0 Å². The molecule has 0 saturated heterocycles. The third-order valence-electron chi connectivity index (χ3n) is 6.86. The minimum atomic E-state index is -0.168. The Morgan fingerprint density at radius 3 is 2.29 bits per heavy atom. The molecule has 0 saturated carbocycles. The number of hydrogen-bond donors (Lipinski definition) is 3. The van der Waals surface area contributed by atoms with Gasteiger partial charge in [-0.25, -0.2) is 9.97 Å². The smallest absolute Gasteiger partial charge is 0.234 e. The molecule has 0 fully saturated rings. The summed E-state index contributed by atoms with van der Waals surface area (Å²) in [6.07, 6.45) is 0. The van der Waals surface area contributed by atoms with Crippen LogP contribution in [0.5, 0.6) is 5.75 Å². The van der Waals surface area contributed by atoms with Crippen LogP contribution in [0.2, 0.25) is 0 Å². The van der Waals surface area contributed by atoms with Crippen LogP contribution in [-0.2, 0) is 21.6 Å². The Hall–Kier alpha value is -3.87. The summed E-state index contributed by atoms with van der Waals surface area (Å²) >= 11 is 4.13. The fraction of sp³-hybridized carbons (Fsp3) is 0.303. The van der Waals surface area contributed by atoms with E-state index < -0.39 is 0 Å². The molecule has 2 amide bonds. The van der Waals surface area contributed by atoms with Crippen molar-refractivity contribution < 1.29 is 14.3 Å². The predicted molar refractivity (Wildman–Crippen MR) is 185 cm³/mol. The average Bonchev–Trinajstić information content (AvgIpc) is 3.62. The molecule has 2 aromatic heterocycles. The number of anilines is 2. The normalized spacial score (nSPS) is 11.5. The van der Waals surface area contributed by atoms with Gasteiger partial charge in [-0.3, -0.25) is 14.7 Å². The third kappa shape index (κ3) is 8.86. The minimum absolute atomic E-state index is 0.0725. The molecular weight excluding hydrogens is 625 g/mol. The van der Waals surface area contributed by atoms with Gasteiger partial charge in [-0.1, -0.05) is 74.1 Å². The van der Waals surface area contributed by atoms with Gasteiger partial charge in [-0.05, 0) is 73.2 Å². The summed E-state index contributed by atoms with van der Waals surface area (Å²) in [7, 11) is 0. The Kier molecular flexibility index (Phi) is 10.2. The Morgan fingerprint density at radius 1 is 0.889 bits per heavy atom. The molecular formula is C33H36N6O3S3. The lowest BCUT2D eigenvalue weighted by molar-refractivity contribution is -0.114. The molecule has 0 spiro atoms. The molecule has 5 rings (SSSR count). The van der Waals surface area contributed by atoms with Gasteiger partial charge in [0.15, 0.2) is 10.2 Å². The number of thiazole rings is 1. The number of amides is 2. The van der Waals surface area contributed by atoms with Crippen molar-refractivity contribution in [1.82, 2.24) is 20.2 Å². The topological polar surface area (TPSA) is 122 Å². The standard InChI is InChI=1S/C33H36N6O3S3/c1-19-13-20(2)30(21(3)14-19)37-29(41)18-44-32-35-25-12-9-23(15-26(25)45-32)34-28(40)17-43-31-36-27(38-39-31)16-42-24-10-7-22(8-11-24)33(4,5)6/h7-15H,16-18H2,1-6H3,(H,34,40)(H,37,41)(H,36,38,39). The summed E-state index contributed by atoms with van der Waals surface area (Å²) in [5, 5.41) is 13.5. The maximum Gasteiger partial charge on any atom is 0.234 e. The average molecular weight is 661 g/mol. The fourth-order valence-electron chi connectivity index (χ4n) is 4.66. The number of fused-ring (bicyclic) bond motifs is 1. The Balaban J connectivity index is 1.08. The van der Waals surface area contributed by atoms with Gasteiger partial charge in [0.1, 0.15) is 12.4 Å². The molecule has 0 radical (unpaired) electrons.